The summed E-state index contributed by atoms with van der Waals surface area (Å²) in [4.78, 5) is 26.1. The molecule has 1 heterocycles. The first kappa shape index (κ1) is 22.4. The number of fused-ring (bicyclic) bond motifs is 1. The van der Waals surface area contributed by atoms with E-state index in [4.69, 9.17) is 14.3 Å². The largest absolute Gasteiger partial charge is 0.417 e. The van der Waals surface area contributed by atoms with E-state index in [1.807, 2.05) is 30.3 Å². The Kier molecular flexibility index (Phi) is 5.88. The van der Waals surface area contributed by atoms with E-state index in [2.05, 4.69) is 5.32 Å². The second-order valence-corrected chi connectivity index (χ2v) is 9.20. The van der Waals surface area contributed by atoms with Crippen LogP contribution in [0, 0.1) is 5.41 Å². The lowest BCUT2D eigenvalue weighted by Crippen LogP contribution is -2.36. The first-order chi connectivity index (χ1) is 15.6. The highest BCUT2D eigenvalue weighted by Crippen LogP contribution is 2.28. The second-order valence-electron chi connectivity index (χ2n) is 7.60. The summed E-state index contributed by atoms with van der Waals surface area (Å²) in [6.45, 7) is 1.60. The molecule has 0 aromatic heterocycles. The molecular formula is C23H21N3O6S. The molecule has 2 unspecified atom stereocenters. The molecule has 1 saturated heterocycles. The minimum Gasteiger partial charge on any atom is -0.416 e. The third-order valence-electron chi connectivity index (χ3n) is 5.17. The lowest BCUT2D eigenvalue weighted by atomic mass is 10.1. The highest BCUT2D eigenvalue weighted by atomic mass is 32.2. The van der Waals surface area contributed by atoms with Gasteiger partial charge in [-0.25, -0.2) is 8.98 Å². The maximum absolute atomic E-state index is 12.6. The maximum atomic E-state index is 12.6. The molecule has 10 heteroatoms. The molecule has 2 amide bonds. The third-order valence-corrected chi connectivity index (χ3v) is 5.71. The molecule has 2 atom stereocenters. The summed E-state index contributed by atoms with van der Waals surface area (Å²) in [6, 6.07) is 18.6. The summed E-state index contributed by atoms with van der Waals surface area (Å²) in [5.74, 6) is -0.512. The normalized spacial score (nSPS) is 18.2. The van der Waals surface area contributed by atoms with Crippen molar-refractivity contribution < 1.29 is 26.9 Å². The topological polar surface area (TPSA) is 126 Å². The van der Waals surface area contributed by atoms with Gasteiger partial charge in [-0.05, 0) is 54.1 Å². The number of nitrogens with zero attached hydrogens (tertiary/aromatic N) is 1. The van der Waals surface area contributed by atoms with Crippen LogP contribution < -0.4 is 10.2 Å². The molecule has 0 radical (unpaired) electrons. The first-order valence-electron chi connectivity index (χ1n) is 9.99. The number of cyclic esters (lactones) is 1. The summed E-state index contributed by atoms with van der Waals surface area (Å²) in [5.41, 5.74) is 1.29. The molecule has 33 heavy (non-hydrogen) atoms. The molecule has 170 valence electrons. The zero-order chi connectivity index (χ0) is 23.8. The lowest BCUT2D eigenvalue weighted by Gasteiger charge is -2.20. The minimum absolute atomic E-state index is 0.102. The molecule has 3 aromatic rings. The van der Waals surface area contributed by atoms with Gasteiger partial charge in [-0.2, -0.15) is 8.42 Å². The molecule has 1 aliphatic rings. The van der Waals surface area contributed by atoms with Crippen LogP contribution in [0.2, 0.25) is 0 Å². The first-order valence-corrected chi connectivity index (χ1v) is 11.8. The zero-order valence-electron chi connectivity index (χ0n) is 17.8. The summed E-state index contributed by atoms with van der Waals surface area (Å²) < 4.78 is 32.6. The third kappa shape index (κ3) is 4.86. The fraction of sp³-hybridized carbons (Fsp3) is 0.174. The van der Waals surface area contributed by atoms with Crippen LogP contribution in [-0.2, 0) is 19.0 Å². The lowest BCUT2D eigenvalue weighted by molar-refractivity contribution is -0.00472. The van der Waals surface area contributed by atoms with Gasteiger partial charge in [0, 0.05) is 16.8 Å². The van der Waals surface area contributed by atoms with Crippen molar-refractivity contribution in [3.8, 4) is 0 Å². The Bertz CT molecular complexity index is 1350. The molecule has 0 spiro atoms. The van der Waals surface area contributed by atoms with Crippen molar-refractivity contribution in [2.75, 3.05) is 11.2 Å². The number of carbonyl (C=O) groups excluding carboxylic acids is 2. The number of nitrogens with one attached hydrogen (secondary N) is 2. The molecule has 3 aromatic carbocycles. The predicted octanol–water partition coefficient (Wildman–Crippen LogP) is 3.24. The molecule has 0 aliphatic carbocycles. The molecule has 1 fully saturated rings. The summed E-state index contributed by atoms with van der Waals surface area (Å²) in [6.07, 6.45) is -1.13. The van der Waals surface area contributed by atoms with Gasteiger partial charge in [-0.1, -0.05) is 30.3 Å². The van der Waals surface area contributed by atoms with Gasteiger partial charge in [0.2, 0.25) is 6.29 Å². The number of hydrogen-bond donors (Lipinski definition) is 2. The van der Waals surface area contributed by atoms with Gasteiger partial charge in [0.15, 0.2) is 0 Å². The second kappa shape index (κ2) is 8.64. The number of benzene rings is 3. The van der Waals surface area contributed by atoms with E-state index in [9.17, 15) is 18.0 Å². The van der Waals surface area contributed by atoms with Crippen molar-refractivity contribution in [1.82, 2.24) is 5.32 Å². The van der Waals surface area contributed by atoms with Crippen LogP contribution in [0.5, 0.6) is 0 Å². The molecular weight excluding hydrogens is 446 g/mol. The van der Waals surface area contributed by atoms with Crippen LogP contribution in [0.25, 0.3) is 10.8 Å². The average Bonchev–Trinajstić information content (AvgIpc) is 3.04. The number of ether oxygens (including phenoxy) is 1. The monoisotopic (exact) mass is 467 g/mol. The van der Waals surface area contributed by atoms with Crippen molar-refractivity contribution >= 4 is 44.4 Å². The summed E-state index contributed by atoms with van der Waals surface area (Å²) in [5, 5.41) is 12.7. The smallest absolute Gasteiger partial charge is 0.416 e. The van der Waals surface area contributed by atoms with Crippen molar-refractivity contribution in [2.45, 2.75) is 19.3 Å². The Morgan fingerprint density at radius 2 is 1.67 bits per heavy atom. The Morgan fingerprint density at radius 3 is 2.33 bits per heavy atom. The van der Waals surface area contributed by atoms with Crippen LogP contribution in [0.1, 0.15) is 22.8 Å². The van der Waals surface area contributed by atoms with Gasteiger partial charge >= 0.3 is 6.09 Å². The quantitative estimate of drug-likeness (QED) is 0.337. The molecule has 9 nitrogen and oxygen atoms in total. The van der Waals surface area contributed by atoms with E-state index in [1.165, 1.54) is 4.90 Å². The van der Waals surface area contributed by atoms with Gasteiger partial charge in [-0.15, -0.1) is 0 Å². The fourth-order valence-electron chi connectivity index (χ4n) is 3.53. The van der Waals surface area contributed by atoms with Gasteiger partial charge in [0.05, 0.1) is 6.26 Å². The van der Waals surface area contributed by atoms with Gasteiger partial charge in [0.25, 0.3) is 16.0 Å². The SMILES string of the molecule is CC1C(OS(C)(=O)=O)OC(=O)N1c1ccc(C(=N)NC(=O)c2ccc3ccccc3c2)cc1. The predicted molar refractivity (Wildman–Crippen MR) is 123 cm³/mol. The highest BCUT2D eigenvalue weighted by Gasteiger charge is 2.42. The number of amidine groups is 1. The van der Waals surface area contributed by atoms with Crippen LogP contribution >= 0.6 is 0 Å². The van der Waals surface area contributed by atoms with Gasteiger partial charge in [-0.3, -0.25) is 15.1 Å². The average molecular weight is 468 g/mol. The Balaban J connectivity index is 1.45. The van der Waals surface area contributed by atoms with Crippen LogP contribution in [0.15, 0.2) is 66.7 Å². The van der Waals surface area contributed by atoms with Crippen molar-refractivity contribution in [2.24, 2.45) is 0 Å². The minimum atomic E-state index is -3.81. The maximum Gasteiger partial charge on any atom is 0.417 e. The summed E-state index contributed by atoms with van der Waals surface area (Å²) >= 11 is 0. The Labute approximate surface area is 190 Å². The standard InChI is InChI=1S/C23H21N3O6S/c1-14-22(32-33(2,29)30)31-23(28)26(14)19-11-9-16(10-12-19)20(24)25-21(27)18-8-7-15-5-3-4-6-17(15)13-18/h3-14,22H,1-2H3,(H2,24,25,27). The van der Waals surface area contributed by atoms with Gasteiger partial charge < -0.3 is 10.1 Å². The van der Waals surface area contributed by atoms with Crippen LogP contribution in [-0.4, -0.2) is 44.8 Å². The number of rotatable bonds is 5. The fourth-order valence-corrected chi connectivity index (χ4v) is 4.08. The van der Waals surface area contributed by atoms with E-state index in [0.29, 0.717) is 16.8 Å². The molecule has 2 N–H and O–H groups in total. The molecule has 4 rings (SSSR count). The van der Waals surface area contributed by atoms with E-state index in [-0.39, 0.29) is 5.84 Å². The Hall–Kier alpha value is -3.76. The zero-order valence-corrected chi connectivity index (χ0v) is 18.6. The highest BCUT2D eigenvalue weighted by molar-refractivity contribution is 7.86. The van der Waals surface area contributed by atoms with Crippen LogP contribution in [0.3, 0.4) is 0 Å². The number of anilines is 1. The number of hydrogen-bond acceptors (Lipinski definition) is 7. The molecule has 0 saturated carbocycles. The van der Waals surface area contributed by atoms with Gasteiger partial charge in [0.1, 0.15) is 11.9 Å². The summed E-state index contributed by atoms with van der Waals surface area (Å²) in [7, 11) is -3.81. The molecule has 0 bridgehead atoms. The van der Waals surface area contributed by atoms with E-state index in [1.54, 1.807) is 43.3 Å². The van der Waals surface area contributed by atoms with Crippen molar-refractivity contribution in [3.63, 3.8) is 0 Å². The Morgan fingerprint density at radius 1 is 1.03 bits per heavy atom. The molecule has 1 aliphatic heterocycles. The van der Waals surface area contributed by atoms with Crippen molar-refractivity contribution in [1.29, 1.82) is 5.41 Å². The van der Waals surface area contributed by atoms with E-state index >= 15 is 0 Å². The van der Waals surface area contributed by atoms with E-state index in [0.717, 1.165) is 17.0 Å². The van der Waals surface area contributed by atoms with Crippen LogP contribution in [0.4, 0.5) is 10.5 Å². The van der Waals surface area contributed by atoms with E-state index < -0.39 is 34.5 Å². The van der Waals surface area contributed by atoms with Crippen molar-refractivity contribution in [3.05, 3.63) is 77.9 Å². The number of carbonyl (C=O) groups is 2. The number of amides is 2.